The van der Waals surface area contributed by atoms with Gasteiger partial charge in [0.1, 0.15) is 12.4 Å². The molecule has 0 rings (SSSR count). The minimum absolute atomic E-state index is 0.0107. The summed E-state index contributed by atoms with van der Waals surface area (Å²) in [6, 6.07) is 0. The molecule has 0 saturated heterocycles. The number of Topliss-reactive ketones (excluding diaryl/α,β-unsaturated/α-hetero) is 1. The van der Waals surface area contributed by atoms with Crippen LogP contribution in [0.15, 0.2) is 0 Å². The van der Waals surface area contributed by atoms with Crippen LogP contribution >= 0.6 is 0 Å². The van der Waals surface area contributed by atoms with E-state index in [9.17, 15) is 9.59 Å². The lowest BCUT2D eigenvalue weighted by atomic mass is 10.2. The third-order valence-corrected chi connectivity index (χ3v) is 1.04. The van der Waals surface area contributed by atoms with Crippen LogP contribution in [0.1, 0.15) is 19.8 Å². The third-order valence-electron chi connectivity index (χ3n) is 1.04. The Morgan fingerprint density at radius 1 is 1.36 bits per heavy atom. The number of esters is 1. The Hall–Kier alpha value is -0.900. The zero-order chi connectivity index (χ0) is 8.69. The van der Waals surface area contributed by atoms with E-state index >= 15 is 0 Å². The molecule has 64 valence electrons. The molecule has 0 amide bonds. The highest BCUT2D eigenvalue weighted by molar-refractivity contribution is 5.80. The minimum atomic E-state index is -0.436. The second-order valence-electron chi connectivity index (χ2n) is 2.15. The van der Waals surface area contributed by atoms with E-state index in [1.165, 1.54) is 6.92 Å². The van der Waals surface area contributed by atoms with E-state index in [4.69, 9.17) is 5.11 Å². The molecule has 0 heterocycles. The second-order valence-corrected chi connectivity index (χ2v) is 2.15. The van der Waals surface area contributed by atoms with Crippen LogP contribution in [0.3, 0.4) is 0 Å². The fourth-order valence-corrected chi connectivity index (χ4v) is 0.510. The molecule has 11 heavy (non-hydrogen) atoms. The van der Waals surface area contributed by atoms with Crippen molar-refractivity contribution >= 4 is 11.8 Å². The van der Waals surface area contributed by atoms with Crippen molar-refractivity contribution in [3.8, 4) is 0 Å². The van der Waals surface area contributed by atoms with Gasteiger partial charge in [0.15, 0.2) is 0 Å². The Balaban J connectivity index is 3.30. The lowest BCUT2D eigenvalue weighted by Crippen LogP contribution is -2.09. The maximum atomic E-state index is 10.6. The molecule has 1 N–H and O–H groups in total. The third kappa shape index (κ3) is 6.99. The van der Waals surface area contributed by atoms with E-state index in [0.29, 0.717) is 0 Å². The molecule has 0 aliphatic rings. The number of ketones is 1. The predicted molar refractivity (Wildman–Crippen MR) is 38.0 cm³/mol. The van der Waals surface area contributed by atoms with Gasteiger partial charge < -0.3 is 14.6 Å². The van der Waals surface area contributed by atoms with E-state index in [2.05, 4.69) is 4.74 Å². The van der Waals surface area contributed by atoms with Crippen molar-refractivity contribution in [1.82, 2.24) is 0 Å². The largest absolute Gasteiger partial charge is 0.463 e. The highest BCUT2D eigenvalue weighted by atomic mass is 16.5. The Labute approximate surface area is 65.2 Å². The van der Waals surface area contributed by atoms with Crippen molar-refractivity contribution < 1.29 is 19.4 Å². The van der Waals surface area contributed by atoms with Crippen molar-refractivity contribution in [3.63, 3.8) is 0 Å². The normalized spacial score (nSPS) is 9.27. The van der Waals surface area contributed by atoms with E-state index in [0.717, 1.165) is 0 Å². The fourth-order valence-electron chi connectivity index (χ4n) is 0.510. The zero-order valence-electron chi connectivity index (χ0n) is 6.50. The van der Waals surface area contributed by atoms with Gasteiger partial charge in [-0.05, 0) is 6.92 Å². The molecule has 0 aliphatic carbocycles. The smallest absolute Gasteiger partial charge is 0.306 e. The van der Waals surface area contributed by atoms with Crippen LogP contribution < -0.4 is 0 Å². The lowest BCUT2D eigenvalue weighted by Gasteiger charge is -1.99. The van der Waals surface area contributed by atoms with Crippen LogP contribution in [0.2, 0.25) is 0 Å². The first-order chi connectivity index (χ1) is 5.16. The van der Waals surface area contributed by atoms with Crippen molar-refractivity contribution in [2.45, 2.75) is 19.8 Å². The van der Waals surface area contributed by atoms with Gasteiger partial charge in [-0.2, -0.15) is 0 Å². The first-order valence-electron chi connectivity index (χ1n) is 3.42. The number of hydrogen-bond donors (Lipinski definition) is 1. The molecule has 0 aromatic rings. The van der Waals surface area contributed by atoms with Crippen molar-refractivity contribution in [2.75, 3.05) is 13.2 Å². The first kappa shape index (κ1) is 10.1. The summed E-state index contributed by atoms with van der Waals surface area (Å²) in [7, 11) is 0. The summed E-state index contributed by atoms with van der Waals surface area (Å²) in [6.45, 7) is 1.25. The Bertz CT molecular complexity index is 141. The van der Waals surface area contributed by atoms with Crippen LogP contribution in [0, 0.1) is 0 Å². The number of aliphatic hydroxyl groups excluding tert-OH is 1. The average Bonchev–Trinajstić information content (AvgIpc) is 1.97. The summed E-state index contributed by atoms with van der Waals surface area (Å²) in [4.78, 5) is 21.0. The number of carbonyl (C=O) groups is 2. The number of carbonyl (C=O) groups excluding carboxylic acids is 2. The van der Waals surface area contributed by atoms with Crippen LogP contribution in [0.25, 0.3) is 0 Å². The Kier molecular flexibility index (Phi) is 5.37. The van der Waals surface area contributed by atoms with E-state index in [-0.39, 0.29) is 31.8 Å². The van der Waals surface area contributed by atoms with Gasteiger partial charge in [0.05, 0.1) is 13.0 Å². The number of rotatable bonds is 5. The summed E-state index contributed by atoms with van der Waals surface area (Å²) in [5, 5.41) is 8.25. The monoisotopic (exact) mass is 160 g/mol. The van der Waals surface area contributed by atoms with Gasteiger partial charge in [-0.1, -0.05) is 0 Å². The van der Waals surface area contributed by atoms with Crippen molar-refractivity contribution in [3.05, 3.63) is 0 Å². The van der Waals surface area contributed by atoms with Crippen LogP contribution in [0.4, 0.5) is 0 Å². The van der Waals surface area contributed by atoms with Crippen LogP contribution in [-0.2, 0) is 14.3 Å². The quantitative estimate of drug-likeness (QED) is 0.570. The summed E-state index contributed by atoms with van der Waals surface area (Å²) >= 11 is 0. The summed E-state index contributed by atoms with van der Waals surface area (Å²) in [5.41, 5.74) is 0. The molecule has 0 bridgehead atoms. The van der Waals surface area contributed by atoms with E-state index in [1.54, 1.807) is 0 Å². The van der Waals surface area contributed by atoms with Gasteiger partial charge >= 0.3 is 5.97 Å². The lowest BCUT2D eigenvalue weighted by molar-refractivity contribution is -0.145. The molecule has 0 saturated carbocycles. The Morgan fingerprint density at radius 3 is 2.45 bits per heavy atom. The molecule has 0 spiro atoms. The minimum Gasteiger partial charge on any atom is -0.463 e. The molecule has 0 radical (unpaired) electrons. The molecule has 0 unspecified atom stereocenters. The summed E-state index contributed by atoms with van der Waals surface area (Å²) < 4.78 is 4.50. The molecule has 4 heteroatoms. The van der Waals surface area contributed by atoms with Crippen molar-refractivity contribution in [1.29, 1.82) is 0 Å². The SMILES string of the molecule is CC(=O)CCC(=O)OCCO. The van der Waals surface area contributed by atoms with E-state index < -0.39 is 5.97 Å². The van der Waals surface area contributed by atoms with E-state index in [1.807, 2.05) is 0 Å². The molecule has 4 nitrogen and oxygen atoms in total. The van der Waals surface area contributed by atoms with Gasteiger partial charge in [0.2, 0.25) is 0 Å². The van der Waals surface area contributed by atoms with Gasteiger partial charge in [-0.25, -0.2) is 0 Å². The number of hydrogen-bond acceptors (Lipinski definition) is 4. The first-order valence-corrected chi connectivity index (χ1v) is 3.42. The molecule has 0 aromatic carbocycles. The zero-order valence-corrected chi connectivity index (χ0v) is 6.50. The average molecular weight is 160 g/mol. The predicted octanol–water partition coefficient (Wildman–Crippen LogP) is -0.109. The standard InChI is InChI=1S/C7H12O4/c1-6(9)2-3-7(10)11-5-4-8/h8H,2-5H2,1H3. The number of ether oxygens (including phenoxy) is 1. The second kappa shape index (κ2) is 5.85. The maximum Gasteiger partial charge on any atom is 0.306 e. The maximum absolute atomic E-state index is 10.6. The van der Waals surface area contributed by atoms with Crippen LogP contribution in [-0.4, -0.2) is 30.1 Å². The van der Waals surface area contributed by atoms with Gasteiger partial charge in [-0.15, -0.1) is 0 Å². The van der Waals surface area contributed by atoms with Gasteiger partial charge in [0.25, 0.3) is 0 Å². The molecule has 0 aliphatic heterocycles. The van der Waals surface area contributed by atoms with Crippen molar-refractivity contribution in [2.24, 2.45) is 0 Å². The number of aliphatic hydroxyl groups is 1. The molecule has 0 aromatic heterocycles. The molecule has 0 atom stereocenters. The van der Waals surface area contributed by atoms with Gasteiger partial charge in [0, 0.05) is 6.42 Å². The summed E-state index contributed by atoms with van der Waals surface area (Å²) in [5.74, 6) is -0.472. The van der Waals surface area contributed by atoms with Gasteiger partial charge in [-0.3, -0.25) is 4.79 Å². The highest BCUT2D eigenvalue weighted by Crippen LogP contribution is 1.92. The molecular weight excluding hydrogens is 148 g/mol. The Morgan fingerprint density at radius 2 is 2.00 bits per heavy atom. The summed E-state index contributed by atoms with van der Waals surface area (Å²) in [6.07, 6.45) is 0.319. The van der Waals surface area contributed by atoms with Crippen LogP contribution in [0.5, 0.6) is 0 Å². The fraction of sp³-hybridized carbons (Fsp3) is 0.714. The highest BCUT2D eigenvalue weighted by Gasteiger charge is 2.03. The molecule has 0 fully saturated rings. The molecular formula is C7H12O4. The topological polar surface area (TPSA) is 63.6 Å².